The normalized spacial score (nSPS) is 10.1. The summed E-state index contributed by atoms with van der Waals surface area (Å²) >= 11 is 0. The maximum Gasteiger partial charge on any atom is 0.317 e. The predicted molar refractivity (Wildman–Crippen MR) is 80.6 cm³/mol. The van der Waals surface area contributed by atoms with Crippen LogP contribution in [0.4, 0.5) is 0 Å². The molecule has 0 aliphatic carbocycles. The van der Waals surface area contributed by atoms with Gasteiger partial charge < -0.3 is 14.6 Å². The van der Waals surface area contributed by atoms with Crippen molar-refractivity contribution in [3.63, 3.8) is 0 Å². The third-order valence-corrected chi connectivity index (χ3v) is 2.65. The molecular formula is C16H21NO4. The molecule has 5 heteroatoms. The second-order valence-corrected chi connectivity index (χ2v) is 4.48. The van der Waals surface area contributed by atoms with E-state index in [9.17, 15) is 4.79 Å². The van der Waals surface area contributed by atoms with E-state index < -0.39 is 5.97 Å². The van der Waals surface area contributed by atoms with Crippen LogP contribution in [0.25, 0.3) is 0 Å². The van der Waals surface area contributed by atoms with E-state index in [1.807, 2.05) is 24.3 Å². The molecule has 21 heavy (non-hydrogen) atoms. The average Bonchev–Trinajstić information content (AvgIpc) is 2.46. The number of terminal acetylenes is 1. The van der Waals surface area contributed by atoms with Crippen LogP contribution in [0.2, 0.25) is 0 Å². The number of hydrogen-bond donors (Lipinski definition) is 1. The highest BCUT2D eigenvalue weighted by atomic mass is 16.5. The molecule has 0 spiro atoms. The number of hydrogen-bond acceptors (Lipinski definition) is 4. The van der Waals surface area contributed by atoms with E-state index in [0.29, 0.717) is 26.3 Å². The lowest BCUT2D eigenvalue weighted by Crippen LogP contribution is -2.33. The maximum absolute atomic E-state index is 10.7. The first-order valence-corrected chi connectivity index (χ1v) is 6.89. The number of carboxylic acids is 1. The fraction of sp³-hybridized carbons (Fsp3) is 0.438. The molecule has 1 aromatic carbocycles. The summed E-state index contributed by atoms with van der Waals surface area (Å²) in [5.41, 5.74) is 0. The van der Waals surface area contributed by atoms with Crippen LogP contribution in [0.1, 0.15) is 13.3 Å². The summed E-state index contributed by atoms with van der Waals surface area (Å²) in [4.78, 5) is 12.3. The molecule has 0 heterocycles. The molecule has 0 bridgehead atoms. The SMILES string of the molecule is C#CCN(CCOc1ccc(OCCC)cc1)CC(=O)O. The van der Waals surface area contributed by atoms with Gasteiger partial charge in [0.25, 0.3) is 0 Å². The van der Waals surface area contributed by atoms with Gasteiger partial charge in [-0.15, -0.1) is 6.42 Å². The van der Waals surface area contributed by atoms with Crippen molar-refractivity contribution in [2.24, 2.45) is 0 Å². The van der Waals surface area contributed by atoms with E-state index in [2.05, 4.69) is 12.8 Å². The second kappa shape index (κ2) is 9.67. The highest BCUT2D eigenvalue weighted by molar-refractivity contribution is 5.69. The standard InChI is InChI=1S/C16H21NO4/c1-3-9-17(13-16(18)19)10-12-21-15-7-5-14(6-8-15)20-11-4-2/h1,5-8H,4,9-13H2,2H3,(H,18,19). The van der Waals surface area contributed by atoms with Gasteiger partial charge in [-0.05, 0) is 30.7 Å². The zero-order valence-corrected chi connectivity index (χ0v) is 12.2. The lowest BCUT2D eigenvalue weighted by atomic mass is 10.3. The molecule has 0 saturated heterocycles. The van der Waals surface area contributed by atoms with E-state index in [1.165, 1.54) is 0 Å². The minimum atomic E-state index is -0.900. The molecule has 114 valence electrons. The van der Waals surface area contributed by atoms with Crippen LogP contribution in [-0.2, 0) is 4.79 Å². The monoisotopic (exact) mass is 291 g/mol. The van der Waals surface area contributed by atoms with Crippen LogP contribution in [0.5, 0.6) is 11.5 Å². The van der Waals surface area contributed by atoms with Gasteiger partial charge in [-0.25, -0.2) is 0 Å². The Bertz CT molecular complexity index is 464. The number of carbonyl (C=O) groups is 1. The van der Waals surface area contributed by atoms with Crippen molar-refractivity contribution >= 4 is 5.97 Å². The number of nitrogens with zero attached hydrogens (tertiary/aromatic N) is 1. The van der Waals surface area contributed by atoms with Gasteiger partial charge in [0, 0.05) is 6.54 Å². The lowest BCUT2D eigenvalue weighted by molar-refractivity contribution is -0.138. The third kappa shape index (κ3) is 7.23. The largest absolute Gasteiger partial charge is 0.494 e. The summed E-state index contributed by atoms with van der Waals surface area (Å²) in [5.74, 6) is 3.07. The Labute approximate surface area is 125 Å². The summed E-state index contributed by atoms with van der Waals surface area (Å²) in [6.07, 6.45) is 6.17. The number of ether oxygens (including phenoxy) is 2. The second-order valence-electron chi connectivity index (χ2n) is 4.48. The van der Waals surface area contributed by atoms with Gasteiger partial charge in [0.1, 0.15) is 18.1 Å². The summed E-state index contributed by atoms with van der Waals surface area (Å²) in [7, 11) is 0. The molecule has 0 saturated carbocycles. The van der Waals surface area contributed by atoms with Gasteiger partial charge in [0.2, 0.25) is 0 Å². The van der Waals surface area contributed by atoms with Crippen molar-refractivity contribution in [1.82, 2.24) is 4.90 Å². The van der Waals surface area contributed by atoms with Gasteiger partial charge in [0.15, 0.2) is 0 Å². The summed E-state index contributed by atoms with van der Waals surface area (Å²) in [5, 5.41) is 8.76. The van der Waals surface area contributed by atoms with E-state index >= 15 is 0 Å². The van der Waals surface area contributed by atoms with Crippen molar-refractivity contribution in [2.75, 3.05) is 32.8 Å². The molecule has 0 unspecified atom stereocenters. The summed E-state index contributed by atoms with van der Waals surface area (Å²) < 4.78 is 11.0. The van der Waals surface area contributed by atoms with Gasteiger partial charge in [-0.1, -0.05) is 12.8 Å². The first-order chi connectivity index (χ1) is 10.2. The average molecular weight is 291 g/mol. The van der Waals surface area contributed by atoms with Crippen LogP contribution in [-0.4, -0.2) is 48.8 Å². The summed E-state index contributed by atoms with van der Waals surface area (Å²) in [6, 6.07) is 7.35. The zero-order chi connectivity index (χ0) is 15.5. The molecule has 1 rings (SSSR count). The third-order valence-electron chi connectivity index (χ3n) is 2.65. The molecule has 0 aliphatic heterocycles. The molecule has 5 nitrogen and oxygen atoms in total. The molecule has 0 aromatic heterocycles. The maximum atomic E-state index is 10.7. The first-order valence-electron chi connectivity index (χ1n) is 6.89. The first kappa shape index (κ1) is 16.9. The fourth-order valence-electron chi connectivity index (χ4n) is 1.68. The van der Waals surface area contributed by atoms with Crippen LogP contribution in [0.15, 0.2) is 24.3 Å². The van der Waals surface area contributed by atoms with Crippen LogP contribution in [0, 0.1) is 12.3 Å². The number of rotatable bonds is 10. The van der Waals surface area contributed by atoms with Crippen molar-refractivity contribution in [3.05, 3.63) is 24.3 Å². The van der Waals surface area contributed by atoms with Crippen LogP contribution >= 0.6 is 0 Å². The molecule has 1 aromatic rings. The summed E-state index contributed by atoms with van der Waals surface area (Å²) in [6.45, 7) is 3.79. The molecule has 0 atom stereocenters. The van der Waals surface area contributed by atoms with Gasteiger partial charge in [-0.2, -0.15) is 0 Å². The van der Waals surface area contributed by atoms with E-state index in [0.717, 1.165) is 17.9 Å². The van der Waals surface area contributed by atoms with Gasteiger partial charge >= 0.3 is 5.97 Å². The highest BCUT2D eigenvalue weighted by Gasteiger charge is 2.08. The van der Waals surface area contributed by atoms with Crippen molar-refractivity contribution in [1.29, 1.82) is 0 Å². The van der Waals surface area contributed by atoms with Gasteiger partial charge in [-0.3, -0.25) is 9.69 Å². The smallest absolute Gasteiger partial charge is 0.317 e. The topological polar surface area (TPSA) is 59.0 Å². The predicted octanol–water partition coefficient (Wildman–Crippen LogP) is 1.87. The zero-order valence-electron chi connectivity index (χ0n) is 12.2. The Morgan fingerprint density at radius 1 is 1.24 bits per heavy atom. The number of carboxylic acid groups (broad SMARTS) is 1. The Balaban J connectivity index is 2.36. The molecule has 0 radical (unpaired) electrons. The van der Waals surface area contributed by atoms with Crippen LogP contribution in [0.3, 0.4) is 0 Å². The Hall–Kier alpha value is -2.19. The minimum absolute atomic E-state index is 0.0860. The quantitative estimate of drug-likeness (QED) is 0.667. The van der Waals surface area contributed by atoms with E-state index in [1.54, 1.807) is 4.90 Å². The van der Waals surface area contributed by atoms with Crippen molar-refractivity contribution in [3.8, 4) is 23.8 Å². The molecule has 0 fully saturated rings. The van der Waals surface area contributed by atoms with Crippen molar-refractivity contribution < 1.29 is 19.4 Å². The molecule has 0 amide bonds. The van der Waals surface area contributed by atoms with Crippen molar-refractivity contribution in [2.45, 2.75) is 13.3 Å². The highest BCUT2D eigenvalue weighted by Crippen LogP contribution is 2.17. The number of benzene rings is 1. The number of aliphatic carboxylic acids is 1. The Morgan fingerprint density at radius 3 is 2.29 bits per heavy atom. The fourth-order valence-corrected chi connectivity index (χ4v) is 1.68. The molecular weight excluding hydrogens is 270 g/mol. The van der Waals surface area contributed by atoms with E-state index in [-0.39, 0.29) is 6.54 Å². The molecule has 0 aliphatic rings. The Kier molecular flexibility index (Phi) is 7.77. The molecule has 1 N–H and O–H groups in total. The van der Waals surface area contributed by atoms with Crippen LogP contribution < -0.4 is 9.47 Å². The Morgan fingerprint density at radius 2 is 1.81 bits per heavy atom. The minimum Gasteiger partial charge on any atom is -0.494 e. The van der Waals surface area contributed by atoms with E-state index in [4.69, 9.17) is 21.0 Å². The lowest BCUT2D eigenvalue weighted by Gasteiger charge is -2.17. The van der Waals surface area contributed by atoms with Gasteiger partial charge in [0.05, 0.1) is 19.7 Å².